The van der Waals surface area contributed by atoms with Gasteiger partial charge in [0, 0.05) is 12.6 Å². The predicted molar refractivity (Wildman–Crippen MR) is 71.8 cm³/mol. The monoisotopic (exact) mass is 263 g/mol. The lowest BCUT2D eigenvalue weighted by molar-refractivity contribution is -0.116. The van der Waals surface area contributed by atoms with Crippen molar-refractivity contribution in [3.63, 3.8) is 0 Å². The zero-order chi connectivity index (χ0) is 13.7. The number of halogens is 1. The summed E-state index contributed by atoms with van der Waals surface area (Å²) in [6.07, 6.45) is 5.44. The second kappa shape index (κ2) is 6.48. The number of aliphatic hydroxyl groups excluding tert-OH is 1. The molecule has 1 aromatic rings. The molecule has 1 amide bonds. The van der Waals surface area contributed by atoms with E-state index in [4.69, 9.17) is 0 Å². The Labute approximate surface area is 112 Å². The number of nitrogens with one attached hydrogen (secondary N) is 1. The van der Waals surface area contributed by atoms with Gasteiger partial charge in [0.15, 0.2) is 0 Å². The topological polar surface area (TPSA) is 49.3 Å². The Morgan fingerprint density at radius 3 is 2.74 bits per heavy atom. The van der Waals surface area contributed by atoms with Crippen LogP contribution in [0.4, 0.5) is 4.39 Å². The molecule has 2 N–H and O–H groups in total. The van der Waals surface area contributed by atoms with Crippen molar-refractivity contribution in [2.75, 3.05) is 6.54 Å². The van der Waals surface area contributed by atoms with Crippen LogP contribution < -0.4 is 5.32 Å². The molecule has 1 aliphatic carbocycles. The maximum absolute atomic E-state index is 12.7. The van der Waals surface area contributed by atoms with Crippen molar-refractivity contribution in [1.29, 1.82) is 0 Å². The summed E-state index contributed by atoms with van der Waals surface area (Å²) >= 11 is 0. The van der Waals surface area contributed by atoms with Crippen LogP contribution in [-0.4, -0.2) is 23.7 Å². The van der Waals surface area contributed by atoms with E-state index in [9.17, 15) is 14.3 Å². The van der Waals surface area contributed by atoms with Gasteiger partial charge in [-0.15, -0.1) is 0 Å². The maximum Gasteiger partial charge on any atom is 0.244 e. The van der Waals surface area contributed by atoms with Crippen molar-refractivity contribution < 1.29 is 14.3 Å². The van der Waals surface area contributed by atoms with E-state index >= 15 is 0 Å². The van der Waals surface area contributed by atoms with Gasteiger partial charge >= 0.3 is 0 Å². The Bertz CT molecular complexity index is 456. The Morgan fingerprint density at radius 1 is 1.37 bits per heavy atom. The molecule has 2 rings (SSSR count). The van der Waals surface area contributed by atoms with Crippen LogP contribution in [0, 0.1) is 11.7 Å². The number of benzene rings is 1. The summed E-state index contributed by atoms with van der Waals surface area (Å²) in [5, 5.41) is 12.2. The summed E-state index contributed by atoms with van der Waals surface area (Å²) in [6, 6.07) is 5.95. The SMILES string of the molecule is O=C(/C=C/c1ccc(F)cc1)NCC1CCC(O)C1. The van der Waals surface area contributed by atoms with Gasteiger partial charge in [-0.2, -0.15) is 0 Å². The lowest BCUT2D eigenvalue weighted by atomic mass is 10.1. The van der Waals surface area contributed by atoms with E-state index in [1.807, 2.05) is 0 Å². The maximum atomic E-state index is 12.7. The molecule has 0 bridgehead atoms. The Kier molecular flexibility index (Phi) is 4.68. The molecule has 1 saturated carbocycles. The van der Waals surface area contributed by atoms with E-state index in [-0.39, 0.29) is 17.8 Å². The fraction of sp³-hybridized carbons (Fsp3) is 0.400. The van der Waals surface area contributed by atoms with Crippen LogP contribution in [0.5, 0.6) is 0 Å². The molecule has 0 spiro atoms. The van der Waals surface area contributed by atoms with Gasteiger partial charge in [-0.25, -0.2) is 4.39 Å². The van der Waals surface area contributed by atoms with E-state index < -0.39 is 0 Å². The first-order valence-corrected chi connectivity index (χ1v) is 6.53. The number of amides is 1. The molecule has 2 atom stereocenters. The highest BCUT2D eigenvalue weighted by Crippen LogP contribution is 2.24. The van der Waals surface area contributed by atoms with Crippen LogP contribution in [0.3, 0.4) is 0 Å². The largest absolute Gasteiger partial charge is 0.393 e. The normalized spacial score (nSPS) is 22.8. The molecule has 0 radical (unpaired) electrons. The molecule has 3 nitrogen and oxygen atoms in total. The van der Waals surface area contributed by atoms with Crippen LogP contribution in [0.15, 0.2) is 30.3 Å². The Hall–Kier alpha value is -1.68. The average Bonchev–Trinajstić information content (AvgIpc) is 2.81. The molecule has 19 heavy (non-hydrogen) atoms. The van der Waals surface area contributed by atoms with Gasteiger partial charge in [-0.3, -0.25) is 4.79 Å². The third-order valence-electron chi connectivity index (χ3n) is 3.38. The highest BCUT2D eigenvalue weighted by atomic mass is 19.1. The minimum Gasteiger partial charge on any atom is -0.393 e. The lowest BCUT2D eigenvalue weighted by Gasteiger charge is -2.09. The quantitative estimate of drug-likeness (QED) is 0.817. The summed E-state index contributed by atoms with van der Waals surface area (Å²) in [6.45, 7) is 0.601. The summed E-state index contributed by atoms with van der Waals surface area (Å²) in [5.41, 5.74) is 0.785. The zero-order valence-corrected chi connectivity index (χ0v) is 10.7. The fourth-order valence-corrected chi connectivity index (χ4v) is 2.28. The second-order valence-electron chi connectivity index (χ2n) is 4.96. The van der Waals surface area contributed by atoms with Gasteiger partial charge in [-0.05, 0) is 49.0 Å². The average molecular weight is 263 g/mol. The summed E-state index contributed by atoms with van der Waals surface area (Å²) < 4.78 is 12.7. The number of hydrogen-bond acceptors (Lipinski definition) is 2. The van der Waals surface area contributed by atoms with Crippen molar-refractivity contribution in [3.05, 3.63) is 41.7 Å². The zero-order valence-electron chi connectivity index (χ0n) is 10.7. The fourth-order valence-electron chi connectivity index (χ4n) is 2.28. The molecule has 0 saturated heterocycles. The predicted octanol–water partition coefficient (Wildman–Crippen LogP) is 2.12. The van der Waals surface area contributed by atoms with Crippen molar-refractivity contribution in [2.24, 2.45) is 5.92 Å². The second-order valence-corrected chi connectivity index (χ2v) is 4.96. The number of rotatable bonds is 4. The van der Waals surface area contributed by atoms with Crippen LogP contribution in [0.2, 0.25) is 0 Å². The Balaban J connectivity index is 1.76. The molecule has 1 fully saturated rings. The third-order valence-corrected chi connectivity index (χ3v) is 3.38. The summed E-state index contributed by atoms with van der Waals surface area (Å²) in [7, 11) is 0. The number of hydrogen-bond donors (Lipinski definition) is 2. The molecule has 1 aliphatic rings. The first-order chi connectivity index (χ1) is 9.13. The van der Waals surface area contributed by atoms with Gasteiger partial charge in [0.05, 0.1) is 6.10 Å². The standard InChI is InChI=1S/C15H18FNO2/c16-13-5-1-11(2-6-13)4-8-15(19)17-10-12-3-7-14(18)9-12/h1-2,4-6,8,12,14,18H,3,7,9-10H2,(H,17,19)/b8-4+. The molecular formula is C15H18FNO2. The van der Waals surface area contributed by atoms with E-state index in [2.05, 4.69) is 5.32 Å². The molecular weight excluding hydrogens is 245 g/mol. The molecule has 4 heteroatoms. The van der Waals surface area contributed by atoms with Gasteiger partial charge in [-0.1, -0.05) is 12.1 Å². The molecule has 102 valence electrons. The van der Waals surface area contributed by atoms with Crippen LogP contribution >= 0.6 is 0 Å². The molecule has 2 unspecified atom stereocenters. The van der Waals surface area contributed by atoms with Crippen molar-refractivity contribution >= 4 is 12.0 Å². The highest BCUT2D eigenvalue weighted by molar-refractivity contribution is 5.91. The first-order valence-electron chi connectivity index (χ1n) is 6.53. The molecule has 1 aromatic carbocycles. The van der Waals surface area contributed by atoms with E-state index in [0.717, 1.165) is 24.8 Å². The van der Waals surface area contributed by atoms with E-state index in [1.54, 1.807) is 18.2 Å². The summed E-state index contributed by atoms with van der Waals surface area (Å²) in [4.78, 5) is 11.6. The van der Waals surface area contributed by atoms with Gasteiger partial charge in [0.2, 0.25) is 5.91 Å². The van der Waals surface area contributed by atoms with E-state index in [0.29, 0.717) is 12.5 Å². The number of carbonyl (C=O) groups is 1. The van der Waals surface area contributed by atoms with Crippen LogP contribution in [0.1, 0.15) is 24.8 Å². The molecule has 0 aromatic heterocycles. The lowest BCUT2D eigenvalue weighted by Crippen LogP contribution is -2.26. The number of aliphatic hydroxyl groups is 1. The van der Waals surface area contributed by atoms with Gasteiger partial charge in [0.25, 0.3) is 0 Å². The molecule has 0 aliphatic heterocycles. The third kappa shape index (κ3) is 4.48. The highest BCUT2D eigenvalue weighted by Gasteiger charge is 2.22. The van der Waals surface area contributed by atoms with Gasteiger partial charge < -0.3 is 10.4 Å². The minimum absolute atomic E-state index is 0.161. The smallest absolute Gasteiger partial charge is 0.244 e. The van der Waals surface area contributed by atoms with Crippen molar-refractivity contribution in [2.45, 2.75) is 25.4 Å². The summed E-state index contributed by atoms with van der Waals surface area (Å²) in [5.74, 6) is -0.0784. The van der Waals surface area contributed by atoms with Crippen molar-refractivity contribution in [1.82, 2.24) is 5.32 Å². The number of carbonyl (C=O) groups excluding carboxylic acids is 1. The van der Waals surface area contributed by atoms with E-state index in [1.165, 1.54) is 18.2 Å². The Morgan fingerprint density at radius 2 is 2.11 bits per heavy atom. The van der Waals surface area contributed by atoms with Crippen LogP contribution in [-0.2, 0) is 4.79 Å². The van der Waals surface area contributed by atoms with Crippen LogP contribution in [0.25, 0.3) is 6.08 Å². The van der Waals surface area contributed by atoms with Crippen molar-refractivity contribution in [3.8, 4) is 0 Å². The van der Waals surface area contributed by atoms with Gasteiger partial charge in [0.1, 0.15) is 5.82 Å². The first kappa shape index (κ1) is 13.7. The molecule has 0 heterocycles. The minimum atomic E-state index is -0.290.